The Labute approximate surface area is 124 Å². The molecule has 1 heterocycles. The first kappa shape index (κ1) is 15.4. The highest BCUT2D eigenvalue weighted by Crippen LogP contribution is 2.30. The van der Waals surface area contributed by atoms with E-state index in [0.717, 1.165) is 11.3 Å². The van der Waals surface area contributed by atoms with Crippen molar-refractivity contribution in [3.05, 3.63) is 53.2 Å². The molecule has 0 aliphatic heterocycles. The maximum absolute atomic E-state index is 13.1. The Morgan fingerprint density at radius 3 is 2.29 bits per heavy atom. The number of nitrogens with zero attached hydrogens (tertiary/aromatic N) is 2. The number of halogens is 1. The molecule has 0 atom stereocenters. The smallest absolute Gasteiger partial charge is 0.143 e. The van der Waals surface area contributed by atoms with Crippen LogP contribution in [0, 0.1) is 5.82 Å². The molecule has 0 spiro atoms. The summed E-state index contributed by atoms with van der Waals surface area (Å²) in [4.78, 5) is 9.11. The molecule has 0 saturated heterocycles. The summed E-state index contributed by atoms with van der Waals surface area (Å²) in [7, 11) is 0. The Bertz CT molecular complexity index is 621. The normalized spacial score (nSPS) is 11.8. The number of anilines is 1. The van der Waals surface area contributed by atoms with Crippen LogP contribution in [0.4, 0.5) is 10.2 Å². The molecule has 0 radical (unpaired) electrons. The van der Waals surface area contributed by atoms with Gasteiger partial charge in [-0.1, -0.05) is 26.0 Å². The van der Waals surface area contributed by atoms with E-state index in [1.165, 1.54) is 12.1 Å². The lowest BCUT2D eigenvalue weighted by Gasteiger charge is -2.25. The fourth-order valence-corrected chi connectivity index (χ4v) is 2.11. The van der Waals surface area contributed by atoms with Crippen LogP contribution in [0.5, 0.6) is 0 Å². The minimum absolute atomic E-state index is 0.254. The van der Waals surface area contributed by atoms with Crippen molar-refractivity contribution in [2.24, 2.45) is 5.84 Å². The SMILES string of the molecule is CC(C)c1cc(NN)nc(C(C)(C)c2ccc(F)cc2)n1. The zero-order valence-corrected chi connectivity index (χ0v) is 12.8. The highest BCUT2D eigenvalue weighted by molar-refractivity contribution is 5.39. The Hall–Kier alpha value is -2.01. The summed E-state index contributed by atoms with van der Waals surface area (Å²) >= 11 is 0. The predicted molar refractivity (Wildman–Crippen MR) is 82.5 cm³/mol. The minimum Gasteiger partial charge on any atom is -0.308 e. The molecule has 0 aliphatic carbocycles. The van der Waals surface area contributed by atoms with E-state index in [-0.39, 0.29) is 11.7 Å². The quantitative estimate of drug-likeness (QED) is 0.669. The first-order chi connectivity index (χ1) is 9.84. The van der Waals surface area contributed by atoms with Crippen molar-refractivity contribution in [3.63, 3.8) is 0 Å². The second-order valence-electron chi connectivity index (χ2n) is 5.93. The number of hydrogen-bond donors (Lipinski definition) is 2. The summed E-state index contributed by atoms with van der Waals surface area (Å²) in [5.41, 5.74) is 4.02. The van der Waals surface area contributed by atoms with Crippen molar-refractivity contribution in [2.75, 3.05) is 5.43 Å². The number of hydrogen-bond acceptors (Lipinski definition) is 4. The molecule has 1 aromatic heterocycles. The van der Waals surface area contributed by atoms with Crippen molar-refractivity contribution in [1.29, 1.82) is 0 Å². The van der Waals surface area contributed by atoms with Crippen LogP contribution in [0.25, 0.3) is 0 Å². The average Bonchev–Trinajstić information content (AvgIpc) is 2.47. The van der Waals surface area contributed by atoms with Gasteiger partial charge >= 0.3 is 0 Å². The van der Waals surface area contributed by atoms with E-state index in [0.29, 0.717) is 11.6 Å². The van der Waals surface area contributed by atoms with Crippen LogP contribution in [0.2, 0.25) is 0 Å². The van der Waals surface area contributed by atoms with Gasteiger partial charge in [-0.2, -0.15) is 0 Å². The molecule has 112 valence electrons. The maximum atomic E-state index is 13.1. The molecule has 0 aliphatic rings. The van der Waals surface area contributed by atoms with Crippen LogP contribution in [0.15, 0.2) is 30.3 Å². The maximum Gasteiger partial charge on any atom is 0.143 e. The summed E-state index contributed by atoms with van der Waals surface area (Å²) in [6.07, 6.45) is 0. The standard InChI is InChI=1S/C16H21FN4/c1-10(2)13-9-14(21-18)20-15(19-13)16(3,4)11-5-7-12(17)8-6-11/h5-10H,18H2,1-4H3,(H,19,20,21). The van der Waals surface area contributed by atoms with Gasteiger partial charge in [0.25, 0.3) is 0 Å². The second-order valence-corrected chi connectivity index (χ2v) is 5.93. The van der Waals surface area contributed by atoms with Crippen molar-refractivity contribution in [2.45, 2.75) is 39.0 Å². The van der Waals surface area contributed by atoms with Crippen molar-refractivity contribution >= 4 is 5.82 Å². The third-order valence-electron chi connectivity index (χ3n) is 3.61. The first-order valence-corrected chi connectivity index (χ1v) is 6.96. The molecule has 2 rings (SSSR count). The summed E-state index contributed by atoms with van der Waals surface area (Å²) in [5.74, 6) is 6.76. The largest absolute Gasteiger partial charge is 0.308 e. The van der Waals surface area contributed by atoms with Gasteiger partial charge in [0.1, 0.15) is 17.5 Å². The number of benzene rings is 1. The lowest BCUT2D eigenvalue weighted by Crippen LogP contribution is -2.24. The van der Waals surface area contributed by atoms with E-state index >= 15 is 0 Å². The number of hydrazine groups is 1. The second kappa shape index (κ2) is 5.77. The van der Waals surface area contributed by atoms with Crippen LogP contribution in [0.1, 0.15) is 50.7 Å². The molecule has 0 amide bonds. The zero-order valence-electron chi connectivity index (χ0n) is 12.8. The molecular formula is C16H21FN4. The van der Waals surface area contributed by atoms with Crippen LogP contribution in [-0.4, -0.2) is 9.97 Å². The molecule has 1 aromatic carbocycles. The predicted octanol–water partition coefficient (Wildman–Crippen LogP) is 3.35. The molecule has 2 aromatic rings. The summed E-state index contributed by atoms with van der Waals surface area (Å²) in [5, 5.41) is 0. The van der Waals surface area contributed by atoms with E-state index in [9.17, 15) is 4.39 Å². The van der Waals surface area contributed by atoms with Gasteiger partial charge in [0.15, 0.2) is 0 Å². The topological polar surface area (TPSA) is 63.8 Å². The third-order valence-corrected chi connectivity index (χ3v) is 3.61. The van der Waals surface area contributed by atoms with Crippen molar-refractivity contribution < 1.29 is 4.39 Å². The van der Waals surface area contributed by atoms with Crippen molar-refractivity contribution in [3.8, 4) is 0 Å². The van der Waals surface area contributed by atoms with Gasteiger partial charge < -0.3 is 5.43 Å². The summed E-state index contributed by atoms with van der Waals surface area (Å²) < 4.78 is 13.1. The monoisotopic (exact) mass is 288 g/mol. The molecule has 0 unspecified atom stereocenters. The Morgan fingerprint density at radius 2 is 1.76 bits per heavy atom. The molecule has 0 bridgehead atoms. The number of nitrogen functional groups attached to an aromatic ring is 1. The first-order valence-electron chi connectivity index (χ1n) is 6.96. The third kappa shape index (κ3) is 3.19. The number of nitrogens with one attached hydrogen (secondary N) is 1. The van der Waals surface area contributed by atoms with E-state index < -0.39 is 5.41 Å². The van der Waals surface area contributed by atoms with E-state index in [1.807, 2.05) is 19.9 Å². The van der Waals surface area contributed by atoms with Crippen LogP contribution < -0.4 is 11.3 Å². The van der Waals surface area contributed by atoms with E-state index in [2.05, 4.69) is 29.2 Å². The highest BCUT2D eigenvalue weighted by atomic mass is 19.1. The van der Waals surface area contributed by atoms with Crippen LogP contribution >= 0.6 is 0 Å². The molecule has 0 fully saturated rings. The molecule has 21 heavy (non-hydrogen) atoms. The average molecular weight is 288 g/mol. The fourth-order valence-electron chi connectivity index (χ4n) is 2.11. The summed E-state index contributed by atoms with van der Waals surface area (Å²) in [6.45, 7) is 8.16. The van der Waals surface area contributed by atoms with Crippen LogP contribution in [-0.2, 0) is 5.41 Å². The Balaban J connectivity index is 2.52. The molecule has 0 saturated carbocycles. The molecule has 3 N–H and O–H groups in total. The van der Waals surface area contributed by atoms with Gasteiger partial charge in [-0.05, 0) is 37.5 Å². The molecule has 4 nitrogen and oxygen atoms in total. The van der Waals surface area contributed by atoms with Crippen LogP contribution in [0.3, 0.4) is 0 Å². The molecular weight excluding hydrogens is 267 g/mol. The lowest BCUT2D eigenvalue weighted by molar-refractivity contribution is 0.576. The molecule has 5 heteroatoms. The Morgan fingerprint density at radius 1 is 1.14 bits per heavy atom. The number of rotatable bonds is 4. The zero-order chi connectivity index (χ0) is 15.6. The van der Waals surface area contributed by atoms with Gasteiger partial charge in [0, 0.05) is 17.2 Å². The van der Waals surface area contributed by atoms with Gasteiger partial charge in [-0.25, -0.2) is 20.2 Å². The minimum atomic E-state index is -0.440. The number of aromatic nitrogens is 2. The van der Waals surface area contributed by atoms with E-state index in [1.54, 1.807) is 12.1 Å². The lowest BCUT2D eigenvalue weighted by atomic mass is 9.83. The van der Waals surface area contributed by atoms with Gasteiger partial charge in [0.05, 0.1) is 0 Å². The van der Waals surface area contributed by atoms with Gasteiger partial charge in [0.2, 0.25) is 0 Å². The summed E-state index contributed by atoms with van der Waals surface area (Å²) in [6, 6.07) is 8.26. The highest BCUT2D eigenvalue weighted by Gasteiger charge is 2.27. The van der Waals surface area contributed by atoms with E-state index in [4.69, 9.17) is 5.84 Å². The van der Waals surface area contributed by atoms with Crippen molar-refractivity contribution in [1.82, 2.24) is 9.97 Å². The number of nitrogens with two attached hydrogens (primary N) is 1. The van der Waals surface area contributed by atoms with Gasteiger partial charge in [-0.15, -0.1) is 0 Å². The Kier molecular flexibility index (Phi) is 4.23. The van der Waals surface area contributed by atoms with Gasteiger partial charge in [-0.3, -0.25) is 0 Å². The fraction of sp³-hybridized carbons (Fsp3) is 0.375.